The van der Waals surface area contributed by atoms with E-state index in [2.05, 4.69) is 4.99 Å². The number of fused-ring (bicyclic) bond motifs is 1. The molecule has 0 aliphatic carbocycles. The largest absolute Gasteiger partial charge is 0.463 e. The molecule has 0 spiro atoms. The number of rotatable bonds is 10. The fourth-order valence-corrected chi connectivity index (χ4v) is 6.62. The molecule has 0 N–H and O–H groups in total. The number of ether oxygens (including phenoxy) is 4. The minimum Gasteiger partial charge on any atom is -0.463 e. The van der Waals surface area contributed by atoms with Crippen LogP contribution in [0.2, 0.25) is 0 Å². The zero-order chi connectivity index (χ0) is 23.2. The minimum absolute atomic E-state index is 0.0611. The molecule has 2 rings (SSSR count). The molecule has 176 valence electrons. The monoisotopic (exact) mass is 481 g/mol. The summed E-state index contributed by atoms with van der Waals surface area (Å²) in [6, 6.07) is 0. The number of hydrogen-bond acceptors (Lipinski definition) is 12. The molecule has 0 aromatic rings. The van der Waals surface area contributed by atoms with Crippen molar-refractivity contribution in [1.29, 1.82) is 0 Å². The topological polar surface area (TPSA) is 136 Å². The first-order valence-corrected chi connectivity index (χ1v) is 12.4. The second-order valence-corrected chi connectivity index (χ2v) is 10.0. The van der Waals surface area contributed by atoms with Crippen LogP contribution in [-0.2, 0) is 46.9 Å². The zero-order valence-corrected chi connectivity index (χ0v) is 19.9. The molecule has 0 saturated carbocycles. The smallest absolute Gasteiger partial charge is 0.337 e. The van der Waals surface area contributed by atoms with Crippen molar-refractivity contribution < 1.29 is 46.9 Å². The second-order valence-electron chi connectivity index (χ2n) is 6.84. The second kappa shape index (κ2) is 10.9. The predicted molar refractivity (Wildman–Crippen MR) is 111 cm³/mol. The van der Waals surface area contributed by atoms with Crippen LogP contribution >= 0.6 is 19.4 Å². The maximum atomic E-state index is 13.0. The summed E-state index contributed by atoms with van der Waals surface area (Å²) < 4.78 is 45.5. The third-order valence-corrected chi connectivity index (χ3v) is 7.79. The summed E-state index contributed by atoms with van der Waals surface area (Å²) >= 11 is 1.15. The highest BCUT2D eigenvalue weighted by Gasteiger charge is 2.61. The first-order chi connectivity index (χ1) is 14.5. The van der Waals surface area contributed by atoms with Crippen molar-refractivity contribution in [3.05, 3.63) is 0 Å². The molecule has 4 atom stereocenters. The van der Waals surface area contributed by atoms with Crippen molar-refractivity contribution >= 4 is 42.3 Å². The minimum atomic E-state index is -3.48. The molecule has 1 saturated heterocycles. The van der Waals surface area contributed by atoms with Gasteiger partial charge in [-0.3, -0.25) is 23.9 Å². The standard InChI is InChI=1S/C18H28NO10PS/c1-6-26-30(23,27-7-2)9-15-19-18(10-25-11(3)20)16(29-13(5)22)14(28-12(4)21)8-24-17(18)31-15/h14,16-17H,6-10H2,1-5H3. The van der Waals surface area contributed by atoms with Gasteiger partial charge in [-0.1, -0.05) is 11.8 Å². The Labute approximate surface area is 185 Å². The highest BCUT2D eigenvalue weighted by molar-refractivity contribution is 8.15. The number of carbonyl (C=O) groups is 3. The Hall–Kier alpha value is -1.46. The van der Waals surface area contributed by atoms with Crippen molar-refractivity contribution in [2.45, 2.75) is 57.8 Å². The Morgan fingerprint density at radius 1 is 1.10 bits per heavy atom. The summed E-state index contributed by atoms with van der Waals surface area (Å²) in [6.07, 6.45) is -2.19. The van der Waals surface area contributed by atoms with E-state index in [4.69, 9.17) is 28.0 Å². The lowest BCUT2D eigenvalue weighted by molar-refractivity contribution is -0.202. The molecule has 2 heterocycles. The van der Waals surface area contributed by atoms with Gasteiger partial charge in [-0.05, 0) is 13.8 Å². The van der Waals surface area contributed by atoms with Crippen molar-refractivity contribution in [2.24, 2.45) is 4.99 Å². The molecule has 11 nitrogen and oxygen atoms in total. The van der Waals surface area contributed by atoms with Gasteiger partial charge in [0.15, 0.2) is 17.7 Å². The molecule has 2 aliphatic rings. The molecule has 1 fully saturated rings. The van der Waals surface area contributed by atoms with Gasteiger partial charge in [0.1, 0.15) is 12.0 Å². The summed E-state index contributed by atoms with van der Waals surface area (Å²) in [6.45, 7) is 7.04. The van der Waals surface area contributed by atoms with Crippen molar-refractivity contribution in [2.75, 3.05) is 32.6 Å². The lowest BCUT2D eigenvalue weighted by Gasteiger charge is -2.44. The van der Waals surface area contributed by atoms with Crippen molar-refractivity contribution in [3.8, 4) is 0 Å². The first-order valence-electron chi connectivity index (χ1n) is 9.78. The predicted octanol–water partition coefficient (Wildman–Crippen LogP) is 1.92. The number of hydrogen-bond donors (Lipinski definition) is 0. The maximum absolute atomic E-state index is 13.0. The van der Waals surface area contributed by atoms with E-state index in [9.17, 15) is 18.9 Å². The molecule has 0 aromatic carbocycles. The number of thioether (sulfide) groups is 1. The van der Waals surface area contributed by atoms with Gasteiger partial charge in [0.05, 0.1) is 31.0 Å². The Morgan fingerprint density at radius 3 is 2.23 bits per heavy atom. The van der Waals surface area contributed by atoms with E-state index < -0.39 is 48.7 Å². The van der Waals surface area contributed by atoms with Crippen LogP contribution in [0.1, 0.15) is 34.6 Å². The Kier molecular flexibility index (Phi) is 9.08. The zero-order valence-electron chi connectivity index (χ0n) is 18.2. The molecule has 13 heteroatoms. The van der Waals surface area contributed by atoms with Gasteiger partial charge in [-0.2, -0.15) is 0 Å². The van der Waals surface area contributed by atoms with Crippen LogP contribution in [0.15, 0.2) is 4.99 Å². The third kappa shape index (κ3) is 6.52. The summed E-state index contributed by atoms with van der Waals surface area (Å²) in [4.78, 5) is 39.6. The van der Waals surface area contributed by atoms with E-state index in [1.165, 1.54) is 20.8 Å². The summed E-state index contributed by atoms with van der Waals surface area (Å²) in [5.41, 5.74) is -2.14. The molecule has 0 bridgehead atoms. The van der Waals surface area contributed by atoms with E-state index in [-0.39, 0.29) is 32.6 Å². The van der Waals surface area contributed by atoms with Gasteiger partial charge in [0.2, 0.25) is 0 Å². The average Bonchev–Trinajstić information content (AvgIpc) is 3.00. The summed E-state index contributed by atoms with van der Waals surface area (Å²) in [5.74, 6) is -1.81. The molecule has 0 amide bonds. The average molecular weight is 481 g/mol. The van der Waals surface area contributed by atoms with Gasteiger partial charge >= 0.3 is 25.5 Å². The molecule has 2 aliphatic heterocycles. The highest BCUT2D eigenvalue weighted by Crippen LogP contribution is 2.53. The van der Waals surface area contributed by atoms with Crippen LogP contribution in [0, 0.1) is 0 Å². The molecule has 4 unspecified atom stereocenters. The SMILES string of the molecule is CCOP(=O)(CC1=NC2(COC(C)=O)C(OCC(OC(C)=O)C2OC(C)=O)S1)OCC. The molecule has 0 aromatic heterocycles. The molecule has 0 radical (unpaired) electrons. The van der Waals surface area contributed by atoms with Crippen molar-refractivity contribution in [1.82, 2.24) is 0 Å². The van der Waals surface area contributed by atoms with E-state index in [0.29, 0.717) is 5.04 Å². The van der Waals surface area contributed by atoms with Crippen molar-refractivity contribution in [3.63, 3.8) is 0 Å². The van der Waals surface area contributed by atoms with Crippen LogP contribution in [0.5, 0.6) is 0 Å². The first kappa shape index (κ1) is 25.8. The van der Waals surface area contributed by atoms with Crippen LogP contribution in [0.4, 0.5) is 0 Å². The number of nitrogens with zero attached hydrogens (tertiary/aromatic N) is 1. The van der Waals surface area contributed by atoms with Gasteiger partial charge in [0.25, 0.3) is 0 Å². The lowest BCUT2D eigenvalue weighted by Crippen LogP contribution is -2.63. The summed E-state index contributed by atoms with van der Waals surface area (Å²) in [5, 5.41) is 0.364. The molecular weight excluding hydrogens is 453 g/mol. The van der Waals surface area contributed by atoms with E-state index >= 15 is 0 Å². The van der Waals surface area contributed by atoms with E-state index in [1.54, 1.807) is 13.8 Å². The maximum Gasteiger partial charge on any atom is 0.337 e. The Balaban J connectivity index is 2.46. The van der Waals surface area contributed by atoms with Gasteiger partial charge in [-0.25, -0.2) is 0 Å². The van der Waals surface area contributed by atoms with Crippen LogP contribution < -0.4 is 0 Å². The molecule has 31 heavy (non-hydrogen) atoms. The Bertz CT molecular complexity index is 764. The van der Waals surface area contributed by atoms with E-state index in [0.717, 1.165) is 11.8 Å². The number of esters is 3. The van der Waals surface area contributed by atoms with Gasteiger partial charge in [-0.15, -0.1) is 0 Å². The lowest BCUT2D eigenvalue weighted by atomic mass is 9.88. The highest BCUT2D eigenvalue weighted by atomic mass is 32.2. The van der Waals surface area contributed by atoms with Crippen LogP contribution in [0.3, 0.4) is 0 Å². The fourth-order valence-electron chi connectivity index (χ4n) is 3.33. The quantitative estimate of drug-likeness (QED) is 0.257. The Morgan fingerprint density at radius 2 is 1.71 bits per heavy atom. The summed E-state index contributed by atoms with van der Waals surface area (Å²) in [7, 11) is -3.48. The van der Waals surface area contributed by atoms with E-state index in [1.807, 2.05) is 0 Å². The number of aliphatic imine (C=N–C) groups is 1. The van der Waals surface area contributed by atoms with Crippen LogP contribution in [0.25, 0.3) is 0 Å². The molecular formula is C18H28NO10PS. The van der Waals surface area contributed by atoms with Crippen LogP contribution in [-0.4, -0.2) is 78.7 Å². The number of carbonyl (C=O) groups excluding carboxylic acids is 3. The van der Waals surface area contributed by atoms with Gasteiger partial charge < -0.3 is 28.0 Å². The third-order valence-electron chi connectivity index (χ3n) is 4.32. The van der Waals surface area contributed by atoms with Gasteiger partial charge in [0, 0.05) is 20.8 Å². The fraction of sp³-hybridized carbons (Fsp3) is 0.778. The normalized spacial score (nSPS) is 27.8.